The zero-order chi connectivity index (χ0) is 19.7. The maximum Gasteiger partial charge on any atom is 0.195 e. The van der Waals surface area contributed by atoms with Crippen LogP contribution in [0.2, 0.25) is 0 Å². The van der Waals surface area contributed by atoms with Gasteiger partial charge in [0, 0.05) is 6.42 Å². The molecule has 0 radical (unpaired) electrons. The Balaban J connectivity index is 1.77. The first-order valence-electron chi connectivity index (χ1n) is 10.1. The number of aliphatic imine (C=N–C) groups is 1. The van der Waals surface area contributed by atoms with Crippen molar-refractivity contribution in [3.63, 3.8) is 0 Å². The summed E-state index contributed by atoms with van der Waals surface area (Å²) in [7, 11) is 0. The first-order valence-corrected chi connectivity index (χ1v) is 10.1. The molecule has 0 saturated carbocycles. The van der Waals surface area contributed by atoms with Crippen LogP contribution >= 0.6 is 0 Å². The molecule has 1 heterocycles. The van der Waals surface area contributed by atoms with Gasteiger partial charge in [-0.15, -0.1) is 0 Å². The van der Waals surface area contributed by atoms with Crippen LogP contribution in [0.4, 0.5) is 0 Å². The Morgan fingerprint density at radius 1 is 1.00 bits per heavy atom. The predicted molar refractivity (Wildman–Crippen MR) is 112 cm³/mol. The molecule has 0 aromatic heterocycles. The van der Waals surface area contributed by atoms with E-state index in [9.17, 15) is 4.79 Å². The van der Waals surface area contributed by atoms with Gasteiger partial charge in [0.05, 0.1) is 5.41 Å². The van der Waals surface area contributed by atoms with E-state index in [1.807, 2.05) is 42.5 Å². The van der Waals surface area contributed by atoms with Crippen molar-refractivity contribution >= 4 is 11.7 Å². The minimum atomic E-state index is -0.376. The Bertz CT molecular complexity index is 901. The Kier molecular flexibility index (Phi) is 4.92. The lowest BCUT2D eigenvalue weighted by atomic mass is 9.66. The molecular weight excluding hydrogens is 346 g/mol. The molecular formula is C25H27NO2. The molecule has 1 aliphatic carbocycles. The molecule has 2 aliphatic rings. The van der Waals surface area contributed by atoms with Crippen molar-refractivity contribution < 1.29 is 9.53 Å². The standard InChI is InChI=1S/C25H27NO2/c1-17(2)21-16-20(27)14-15-25(21,3)24-26-22(18-10-6-4-7-11-18)23(28-24)19-12-8-5-9-13-19/h4-15,17,21-23H,16H2,1-3H3/t21-,22+,23+,25-/m0/s1. The predicted octanol–water partition coefficient (Wildman–Crippen LogP) is 5.71. The molecule has 0 N–H and O–H groups in total. The third-order valence-electron chi connectivity index (χ3n) is 6.12. The van der Waals surface area contributed by atoms with E-state index < -0.39 is 0 Å². The first-order chi connectivity index (χ1) is 13.5. The average molecular weight is 373 g/mol. The van der Waals surface area contributed by atoms with Gasteiger partial charge in [0.25, 0.3) is 0 Å². The minimum absolute atomic E-state index is 0.0886. The molecule has 28 heavy (non-hydrogen) atoms. The second kappa shape index (κ2) is 7.38. The number of carbonyl (C=O) groups excluding carboxylic acids is 1. The van der Waals surface area contributed by atoms with Crippen molar-refractivity contribution in [1.29, 1.82) is 0 Å². The summed E-state index contributed by atoms with van der Waals surface area (Å²) in [6.07, 6.45) is 4.10. The topological polar surface area (TPSA) is 38.7 Å². The second-order valence-corrected chi connectivity index (χ2v) is 8.38. The maximum atomic E-state index is 12.1. The molecule has 0 amide bonds. The van der Waals surface area contributed by atoms with Crippen LogP contribution in [0, 0.1) is 17.3 Å². The van der Waals surface area contributed by atoms with E-state index in [0.29, 0.717) is 12.3 Å². The molecule has 1 aliphatic heterocycles. The van der Waals surface area contributed by atoms with E-state index in [4.69, 9.17) is 9.73 Å². The van der Waals surface area contributed by atoms with Gasteiger partial charge in [-0.25, -0.2) is 4.99 Å². The van der Waals surface area contributed by atoms with Crippen LogP contribution in [0.15, 0.2) is 77.8 Å². The van der Waals surface area contributed by atoms with Crippen LogP contribution in [-0.2, 0) is 9.53 Å². The molecule has 2 aromatic rings. The summed E-state index contributed by atoms with van der Waals surface area (Å²) in [6, 6.07) is 20.5. The van der Waals surface area contributed by atoms with Crippen molar-refractivity contribution in [2.45, 2.75) is 39.3 Å². The highest BCUT2D eigenvalue weighted by atomic mass is 16.5. The third-order valence-corrected chi connectivity index (χ3v) is 6.12. The number of ether oxygens (including phenoxy) is 1. The quantitative estimate of drug-likeness (QED) is 0.689. The molecule has 3 heteroatoms. The molecule has 4 rings (SSSR count). The number of nitrogens with zero attached hydrogens (tertiary/aromatic N) is 1. The summed E-state index contributed by atoms with van der Waals surface area (Å²) in [4.78, 5) is 17.2. The summed E-state index contributed by atoms with van der Waals surface area (Å²) in [5, 5.41) is 0. The number of rotatable bonds is 4. The number of allylic oxidation sites excluding steroid dienone is 1. The summed E-state index contributed by atoms with van der Waals surface area (Å²) in [5.74, 6) is 1.47. The lowest BCUT2D eigenvalue weighted by Gasteiger charge is -2.39. The van der Waals surface area contributed by atoms with E-state index >= 15 is 0 Å². The van der Waals surface area contributed by atoms with Crippen LogP contribution < -0.4 is 0 Å². The molecule has 0 unspecified atom stereocenters. The molecule has 4 atom stereocenters. The fourth-order valence-electron chi connectivity index (χ4n) is 4.51. The summed E-state index contributed by atoms with van der Waals surface area (Å²) >= 11 is 0. The Hall–Kier alpha value is -2.68. The van der Waals surface area contributed by atoms with Crippen LogP contribution in [0.3, 0.4) is 0 Å². The second-order valence-electron chi connectivity index (χ2n) is 8.38. The fourth-order valence-corrected chi connectivity index (χ4v) is 4.51. The van der Waals surface area contributed by atoms with Gasteiger partial charge in [-0.2, -0.15) is 0 Å². The third kappa shape index (κ3) is 3.30. The maximum absolute atomic E-state index is 12.1. The van der Waals surface area contributed by atoms with Crippen molar-refractivity contribution in [2.24, 2.45) is 22.2 Å². The number of carbonyl (C=O) groups is 1. The van der Waals surface area contributed by atoms with Crippen LogP contribution in [0.25, 0.3) is 0 Å². The molecule has 144 valence electrons. The molecule has 3 nitrogen and oxygen atoms in total. The van der Waals surface area contributed by atoms with Gasteiger partial charge in [-0.1, -0.05) is 80.6 Å². The fraction of sp³-hybridized carbons (Fsp3) is 0.360. The van der Waals surface area contributed by atoms with Crippen LogP contribution in [0.5, 0.6) is 0 Å². The summed E-state index contributed by atoms with van der Waals surface area (Å²) < 4.78 is 6.56. The Morgan fingerprint density at radius 2 is 1.61 bits per heavy atom. The zero-order valence-electron chi connectivity index (χ0n) is 16.7. The van der Waals surface area contributed by atoms with E-state index in [1.54, 1.807) is 6.08 Å². The lowest BCUT2D eigenvalue weighted by Crippen LogP contribution is -2.41. The highest BCUT2D eigenvalue weighted by molar-refractivity contribution is 5.96. The molecule has 0 saturated heterocycles. The number of ketones is 1. The van der Waals surface area contributed by atoms with Gasteiger partial charge in [-0.3, -0.25) is 4.79 Å². The number of hydrogen-bond donors (Lipinski definition) is 0. The van der Waals surface area contributed by atoms with E-state index in [2.05, 4.69) is 45.0 Å². The normalized spacial score (nSPS) is 29.6. The summed E-state index contributed by atoms with van der Waals surface area (Å²) in [5.41, 5.74) is 1.89. The van der Waals surface area contributed by atoms with Crippen molar-refractivity contribution in [2.75, 3.05) is 0 Å². The molecule has 0 spiro atoms. The van der Waals surface area contributed by atoms with E-state index in [1.165, 1.54) is 0 Å². The van der Waals surface area contributed by atoms with Crippen molar-refractivity contribution in [3.8, 4) is 0 Å². The molecule has 2 aromatic carbocycles. The van der Waals surface area contributed by atoms with Gasteiger partial charge in [0.15, 0.2) is 17.8 Å². The van der Waals surface area contributed by atoms with Gasteiger partial charge < -0.3 is 4.74 Å². The van der Waals surface area contributed by atoms with Gasteiger partial charge in [0.1, 0.15) is 6.04 Å². The minimum Gasteiger partial charge on any atom is -0.469 e. The van der Waals surface area contributed by atoms with Crippen molar-refractivity contribution in [3.05, 3.63) is 83.9 Å². The lowest BCUT2D eigenvalue weighted by molar-refractivity contribution is -0.117. The first kappa shape index (κ1) is 18.7. The van der Waals surface area contributed by atoms with Crippen molar-refractivity contribution in [1.82, 2.24) is 0 Å². The van der Waals surface area contributed by atoms with E-state index in [-0.39, 0.29) is 29.3 Å². The summed E-state index contributed by atoms with van der Waals surface area (Å²) in [6.45, 7) is 6.51. The monoisotopic (exact) mass is 373 g/mol. The largest absolute Gasteiger partial charge is 0.469 e. The SMILES string of the molecule is CC(C)[C@@H]1CC(=O)C=C[C@]1(C)C1=N[C@H](c2ccccc2)[C@@H](c2ccccc2)O1. The van der Waals surface area contributed by atoms with Gasteiger partial charge in [-0.05, 0) is 36.0 Å². The number of hydrogen-bond acceptors (Lipinski definition) is 3. The Morgan fingerprint density at radius 3 is 2.21 bits per heavy atom. The smallest absolute Gasteiger partial charge is 0.195 e. The zero-order valence-corrected chi connectivity index (χ0v) is 16.7. The van der Waals surface area contributed by atoms with E-state index in [0.717, 1.165) is 17.0 Å². The Labute approximate surface area is 167 Å². The van der Waals surface area contributed by atoms with Gasteiger partial charge >= 0.3 is 0 Å². The van der Waals surface area contributed by atoms with Crippen LogP contribution in [-0.4, -0.2) is 11.7 Å². The molecule has 0 fully saturated rings. The highest BCUT2D eigenvalue weighted by Gasteiger charge is 2.47. The average Bonchev–Trinajstić information content (AvgIpc) is 3.17. The van der Waals surface area contributed by atoms with Crippen LogP contribution in [0.1, 0.15) is 50.5 Å². The van der Waals surface area contributed by atoms with Gasteiger partial charge in [0.2, 0.25) is 0 Å². The highest BCUT2D eigenvalue weighted by Crippen LogP contribution is 2.49. The molecule has 0 bridgehead atoms. The number of benzene rings is 2.